The molecule has 0 aliphatic carbocycles. The van der Waals surface area contributed by atoms with Crippen LogP contribution >= 0.6 is 11.6 Å². The number of nitrogens with zero attached hydrogens (tertiary/aromatic N) is 3. The molecule has 0 radical (unpaired) electrons. The van der Waals surface area contributed by atoms with Crippen LogP contribution in [0.5, 0.6) is 11.5 Å². The van der Waals surface area contributed by atoms with Crippen molar-refractivity contribution in [3.05, 3.63) is 83.1 Å². The zero-order valence-corrected chi connectivity index (χ0v) is 17.8. The smallest absolute Gasteiger partial charge is 0.417 e. The fraction of sp³-hybridized carbons (Fsp3) is 0.0435. The number of nitriles is 1. The molecule has 0 fully saturated rings. The number of carbonyl (C=O) groups excluding carboxylic acids is 1. The van der Waals surface area contributed by atoms with Gasteiger partial charge in [-0.05, 0) is 54.6 Å². The Hall–Kier alpha value is -4.36. The summed E-state index contributed by atoms with van der Waals surface area (Å²) in [4.78, 5) is 20.5. The quantitative estimate of drug-likeness (QED) is 0.340. The molecular weight excluding hydrogens is 471 g/mol. The van der Waals surface area contributed by atoms with Crippen molar-refractivity contribution in [3.63, 3.8) is 0 Å². The summed E-state index contributed by atoms with van der Waals surface area (Å²) in [5.74, 6) is 0.931. The monoisotopic (exact) mass is 483 g/mol. The number of amides is 2. The summed E-state index contributed by atoms with van der Waals surface area (Å²) < 4.78 is 44.7. The molecule has 0 aliphatic heterocycles. The van der Waals surface area contributed by atoms with Crippen LogP contribution in [-0.4, -0.2) is 16.0 Å². The van der Waals surface area contributed by atoms with Crippen LogP contribution in [0, 0.1) is 11.3 Å². The summed E-state index contributed by atoms with van der Waals surface area (Å²) in [6.45, 7) is 0. The predicted molar refractivity (Wildman–Crippen MR) is 120 cm³/mol. The Balaban J connectivity index is 1.41. The van der Waals surface area contributed by atoms with Crippen LogP contribution in [0.25, 0.3) is 11.0 Å². The van der Waals surface area contributed by atoms with Crippen molar-refractivity contribution in [2.75, 3.05) is 10.6 Å². The van der Waals surface area contributed by atoms with Gasteiger partial charge in [-0.15, -0.1) is 0 Å². The number of carbonyl (C=O) groups is 1. The van der Waals surface area contributed by atoms with E-state index in [0.717, 1.165) is 12.1 Å². The molecule has 4 rings (SSSR count). The molecule has 11 heteroatoms. The van der Waals surface area contributed by atoms with Crippen molar-refractivity contribution in [1.29, 1.82) is 5.26 Å². The average molecular weight is 484 g/mol. The van der Waals surface area contributed by atoms with Crippen molar-refractivity contribution in [3.8, 4) is 17.6 Å². The van der Waals surface area contributed by atoms with E-state index in [2.05, 4.69) is 20.6 Å². The molecule has 0 atom stereocenters. The van der Waals surface area contributed by atoms with Gasteiger partial charge in [0.1, 0.15) is 17.6 Å². The normalized spacial score (nSPS) is 11.0. The van der Waals surface area contributed by atoms with Crippen molar-refractivity contribution >= 4 is 40.0 Å². The van der Waals surface area contributed by atoms with E-state index >= 15 is 0 Å². The summed E-state index contributed by atoms with van der Waals surface area (Å²) in [6, 6.07) is 15.6. The molecule has 1 aromatic heterocycles. The lowest BCUT2D eigenvalue weighted by atomic mass is 10.2. The highest BCUT2D eigenvalue weighted by Gasteiger charge is 2.33. The van der Waals surface area contributed by atoms with Crippen LogP contribution < -0.4 is 15.4 Å². The van der Waals surface area contributed by atoms with Gasteiger partial charge >= 0.3 is 12.2 Å². The van der Waals surface area contributed by atoms with E-state index in [1.54, 1.807) is 42.5 Å². The fourth-order valence-electron chi connectivity index (χ4n) is 2.96. The van der Waals surface area contributed by atoms with Crippen LogP contribution in [0.4, 0.5) is 29.3 Å². The Bertz CT molecular complexity index is 1420. The molecule has 1 heterocycles. The molecule has 3 aromatic carbocycles. The van der Waals surface area contributed by atoms with Gasteiger partial charge < -0.3 is 15.4 Å². The van der Waals surface area contributed by atoms with Gasteiger partial charge in [-0.3, -0.25) is 4.98 Å². The maximum absolute atomic E-state index is 13.0. The molecule has 0 aliphatic rings. The molecule has 0 spiro atoms. The second kappa shape index (κ2) is 9.25. The second-order valence-electron chi connectivity index (χ2n) is 6.92. The van der Waals surface area contributed by atoms with E-state index in [4.69, 9.17) is 21.6 Å². The van der Waals surface area contributed by atoms with E-state index in [9.17, 15) is 18.0 Å². The van der Waals surface area contributed by atoms with Crippen molar-refractivity contribution < 1.29 is 22.7 Å². The van der Waals surface area contributed by atoms with Crippen molar-refractivity contribution in [1.82, 2.24) is 9.97 Å². The largest absolute Gasteiger partial charge is 0.457 e. The molecule has 0 saturated heterocycles. The number of alkyl halides is 3. The van der Waals surface area contributed by atoms with Crippen LogP contribution in [0.3, 0.4) is 0 Å². The number of anilines is 2. The molecule has 170 valence electrons. The summed E-state index contributed by atoms with van der Waals surface area (Å²) >= 11 is 5.58. The molecule has 0 bridgehead atoms. The van der Waals surface area contributed by atoms with Crippen molar-refractivity contribution in [2.45, 2.75) is 6.18 Å². The number of fused-ring (bicyclic) bond motifs is 1. The van der Waals surface area contributed by atoms with Gasteiger partial charge in [0.25, 0.3) is 0 Å². The third kappa shape index (κ3) is 5.33. The number of halogens is 4. The van der Waals surface area contributed by atoms with E-state index in [1.165, 1.54) is 12.3 Å². The molecular formula is C23H13ClF3N5O2. The SMILES string of the molecule is N#Cc1cnc2ccc(Oc3ccc(NC(=O)Nc4ccc(Cl)c(C(F)(F)F)c4)cc3)cc2n1. The third-order valence-electron chi connectivity index (χ3n) is 4.51. The van der Waals surface area contributed by atoms with E-state index in [1.807, 2.05) is 6.07 Å². The summed E-state index contributed by atoms with van der Waals surface area (Å²) in [5.41, 5.74) is 0.581. The van der Waals surface area contributed by atoms with Gasteiger partial charge in [-0.25, -0.2) is 9.78 Å². The highest BCUT2D eigenvalue weighted by molar-refractivity contribution is 6.31. The molecule has 2 N–H and O–H groups in total. The minimum Gasteiger partial charge on any atom is -0.457 e. The molecule has 0 unspecified atom stereocenters. The predicted octanol–water partition coefficient (Wildman–Crippen LogP) is 6.61. The number of rotatable bonds is 4. The van der Waals surface area contributed by atoms with Crippen LogP contribution in [-0.2, 0) is 6.18 Å². The van der Waals surface area contributed by atoms with Gasteiger partial charge in [0.15, 0.2) is 5.69 Å². The summed E-state index contributed by atoms with van der Waals surface area (Å²) in [7, 11) is 0. The van der Waals surface area contributed by atoms with E-state index in [0.29, 0.717) is 28.2 Å². The zero-order chi connectivity index (χ0) is 24.3. The first-order valence-corrected chi connectivity index (χ1v) is 9.99. The number of urea groups is 1. The lowest BCUT2D eigenvalue weighted by molar-refractivity contribution is -0.137. The lowest BCUT2D eigenvalue weighted by Gasteiger charge is -2.12. The number of hydrogen-bond acceptors (Lipinski definition) is 5. The minimum atomic E-state index is -4.64. The number of aromatic nitrogens is 2. The Morgan fingerprint density at radius 3 is 2.32 bits per heavy atom. The number of benzene rings is 3. The third-order valence-corrected chi connectivity index (χ3v) is 4.84. The van der Waals surface area contributed by atoms with Crippen LogP contribution in [0.2, 0.25) is 5.02 Å². The van der Waals surface area contributed by atoms with Gasteiger partial charge in [0, 0.05) is 17.4 Å². The Morgan fingerprint density at radius 1 is 0.941 bits per heavy atom. The van der Waals surface area contributed by atoms with Gasteiger partial charge in [-0.1, -0.05) is 11.6 Å². The highest BCUT2D eigenvalue weighted by Crippen LogP contribution is 2.36. The van der Waals surface area contributed by atoms with Gasteiger partial charge in [0.2, 0.25) is 0 Å². The molecule has 0 saturated carbocycles. The van der Waals surface area contributed by atoms with Gasteiger partial charge in [0.05, 0.1) is 27.8 Å². The van der Waals surface area contributed by atoms with Crippen molar-refractivity contribution in [2.24, 2.45) is 0 Å². The summed E-state index contributed by atoms with van der Waals surface area (Å²) in [5, 5.41) is 13.4. The maximum atomic E-state index is 13.0. The Morgan fingerprint density at radius 2 is 1.62 bits per heavy atom. The first kappa shape index (κ1) is 22.8. The molecule has 7 nitrogen and oxygen atoms in total. The van der Waals surface area contributed by atoms with E-state index < -0.39 is 22.8 Å². The van der Waals surface area contributed by atoms with Gasteiger partial charge in [-0.2, -0.15) is 18.4 Å². The number of nitrogens with one attached hydrogen (secondary N) is 2. The number of hydrogen-bond donors (Lipinski definition) is 2. The summed E-state index contributed by atoms with van der Waals surface area (Å²) in [6.07, 6.45) is -3.26. The highest BCUT2D eigenvalue weighted by atomic mass is 35.5. The second-order valence-corrected chi connectivity index (χ2v) is 7.32. The first-order valence-electron chi connectivity index (χ1n) is 9.61. The first-order chi connectivity index (χ1) is 16.2. The zero-order valence-electron chi connectivity index (χ0n) is 17.0. The lowest BCUT2D eigenvalue weighted by Crippen LogP contribution is -2.19. The van der Waals surface area contributed by atoms with Crippen LogP contribution in [0.15, 0.2) is 66.9 Å². The average Bonchev–Trinajstić information content (AvgIpc) is 2.80. The minimum absolute atomic E-state index is 0.0619. The topological polar surface area (TPSA) is 99.9 Å². The molecule has 2 amide bonds. The van der Waals surface area contributed by atoms with Crippen LogP contribution in [0.1, 0.15) is 11.3 Å². The van der Waals surface area contributed by atoms with E-state index in [-0.39, 0.29) is 11.4 Å². The molecule has 4 aromatic rings. The molecule has 34 heavy (non-hydrogen) atoms. The Labute approximate surface area is 195 Å². The Kier molecular flexibility index (Phi) is 6.21. The maximum Gasteiger partial charge on any atom is 0.417 e. The fourth-order valence-corrected chi connectivity index (χ4v) is 3.19. The number of ether oxygens (including phenoxy) is 1. The standard InChI is InChI=1S/C23H13ClF3N5O2/c24-19-7-3-14(9-18(19)23(25,26)27)32-22(33)31-13-1-4-16(5-2-13)34-17-6-8-20-21(10-17)30-15(11-28)12-29-20/h1-10,12H,(H2,31,32,33).